The van der Waals surface area contributed by atoms with Crippen LogP contribution in [0.15, 0.2) is 54.6 Å². The molecule has 0 radical (unpaired) electrons. The molecular formula is C22H22ClN3O2. The first-order valence-electron chi connectivity index (χ1n) is 9.41. The SMILES string of the molecule is NC(=O)C1CCN(c2ccc3cccc(OCc4ccc(Cl)cc4)c3n2)CC1. The number of anilines is 1. The summed E-state index contributed by atoms with van der Waals surface area (Å²) in [7, 11) is 0. The molecule has 1 aliphatic rings. The summed E-state index contributed by atoms with van der Waals surface area (Å²) >= 11 is 5.94. The molecule has 0 atom stereocenters. The molecule has 1 saturated heterocycles. The molecule has 1 amide bonds. The van der Waals surface area contributed by atoms with Crippen LogP contribution in [0.2, 0.25) is 5.02 Å². The summed E-state index contributed by atoms with van der Waals surface area (Å²) in [6.45, 7) is 2.01. The summed E-state index contributed by atoms with van der Waals surface area (Å²) in [5, 5.41) is 1.74. The second-order valence-electron chi connectivity index (χ2n) is 7.08. The lowest BCUT2D eigenvalue weighted by Crippen LogP contribution is -2.38. The van der Waals surface area contributed by atoms with Gasteiger partial charge < -0.3 is 15.4 Å². The van der Waals surface area contributed by atoms with Crippen molar-refractivity contribution in [3.63, 3.8) is 0 Å². The number of piperidine rings is 1. The molecule has 1 aromatic heterocycles. The predicted octanol–water partition coefficient (Wildman–Crippen LogP) is 4.17. The van der Waals surface area contributed by atoms with Crippen LogP contribution in [0.1, 0.15) is 18.4 Å². The van der Waals surface area contributed by atoms with E-state index in [9.17, 15) is 4.79 Å². The first-order chi connectivity index (χ1) is 13.6. The van der Waals surface area contributed by atoms with Gasteiger partial charge in [-0.2, -0.15) is 0 Å². The molecule has 144 valence electrons. The van der Waals surface area contributed by atoms with E-state index in [0.29, 0.717) is 11.6 Å². The number of hydrogen-bond donors (Lipinski definition) is 1. The highest BCUT2D eigenvalue weighted by molar-refractivity contribution is 6.30. The number of rotatable bonds is 5. The standard InChI is InChI=1S/C22H22ClN3O2/c23-18-7-4-15(5-8-18)14-28-19-3-1-2-16-6-9-20(25-21(16)19)26-12-10-17(11-13-26)22(24)27/h1-9,17H,10-14H2,(H2,24,27). The Morgan fingerprint density at radius 2 is 1.86 bits per heavy atom. The highest BCUT2D eigenvalue weighted by Gasteiger charge is 2.24. The molecule has 0 bridgehead atoms. The highest BCUT2D eigenvalue weighted by atomic mass is 35.5. The van der Waals surface area contributed by atoms with Gasteiger partial charge in [-0.05, 0) is 48.7 Å². The van der Waals surface area contributed by atoms with E-state index in [2.05, 4.69) is 11.0 Å². The van der Waals surface area contributed by atoms with Crippen LogP contribution in [0.5, 0.6) is 5.75 Å². The van der Waals surface area contributed by atoms with Gasteiger partial charge in [-0.3, -0.25) is 4.79 Å². The molecule has 2 heterocycles. The lowest BCUT2D eigenvalue weighted by Gasteiger charge is -2.31. The van der Waals surface area contributed by atoms with Crippen LogP contribution < -0.4 is 15.4 Å². The number of benzene rings is 2. The van der Waals surface area contributed by atoms with Gasteiger partial charge in [-0.1, -0.05) is 35.9 Å². The Balaban J connectivity index is 1.54. The molecule has 28 heavy (non-hydrogen) atoms. The van der Waals surface area contributed by atoms with E-state index in [1.807, 2.05) is 48.5 Å². The number of para-hydroxylation sites is 1. The fourth-order valence-electron chi connectivity index (χ4n) is 3.54. The Hall–Kier alpha value is -2.79. The van der Waals surface area contributed by atoms with Crippen LogP contribution >= 0.6 is 11.6 Å². The fraction of sp³-hybridized carbons (Fsp3) is 0.273. The van der Waals surface area contributed by atoms with Crippen molar-refractivity contribution >= 4 is 34.2 Å². The number of carbonyl (C=O) groups excluding carboxylic acids is 1. The van der Waals surface area contributed by atoms with E-state index in [4.69, 9.17) is 27.1 Å². The van der Waals surface area contributed by atoms with Crippen molar-refractivity contribution in [2.45, 2.75) is 19.4 Å². The predicted molar refractivity (Wildman–Crippen MR) is 112 cm³/mol. The van der Waals surface area contributed by atoms with Gasteiger partial charge in [-0.15, -0.1) is 0 Å². The molecule has 2 N–H and O–H groups in total. The van der Waals surface area contributed by atoms with Gasteiger partial charge in [0, 0.05) is 29.4 Å². The smallest absolute Gasteiger partial charge is 0.220 e. The molecule has 0 spiro atoms. The summed E-state index contributed by atoms with van der Waals surface area (Å²) < 4.78 is 6.05. The molecule has 5 nitrogen and oxygen atoms in total. The lowest BCUT2D eigenvalue weighted by atomic mass is 9.96. The minimum absolute atomic E-state index is 0.0324. The molecule has 1 aliphatic heterocycles. The average Bonchev–Trinajstić information content (AvgIpc) is 2.73. The summed E-state index contributed by atoms with van der Waals surface area (Å²) in [5.74, 6) is 1.42. The van der Waals surface area contributed by atoms with Crippen LogP contribution in [0.4, 0.5) is 5.82 Å². The number of aromatic nitrogens is 1. The van der Waals surface area contributed by atoms with Gasteiger partial charge in [0.1, 0.15) is 23.7 Å². The number of primary amides is 1. The number of halogens is 1. The maximum Gasteiger partial charge on any atom is 0.220 e. The Morgan fingerprint density at radius 3 is 2.57 bits per heavy atom. The Morgan fingerprint density at radius 1 is 1.11 bits per heavy atom. The van der Waals surface area contributed by atoms with Crippen molar-refractivity contribution in [2.24, 2.45) is 11.7 Å². The molecule has 0 aliphatic carbocycles. The van der Waals surface area contributed by atoms with Gasteiger partial charge in [0.25, 0.3) is 0 Å². The van der Waals surface area contributed by atoms with Crippen LogP contribution in [0.25, 0.3) is 10.9 Å². The molecule has 6 heteroatoms. The second-order valence-corrected chi connectivity index (χ2v) is 7.51. The number of fused-ring (bicyclic) bond motifs is 1. The van der Waals surface area contributed by atoms with Crippen molar-refractivity contribution in [1.82, 2.24) is 4.98 Å². The average molecular weight is 396 g/mol. The van der Waals surface area contributed by atoms with Gasteiger partial charge in [-0.25, -0.2) is 4.98 Å². The Kier molecular flexibility index (Phi) is 5.35. The Bertz CT molecular complexity index is 983. The molecule has 1 fully saturated rings. The van der Waals surface area contributed by atoms with Gasteiger partial charge in [0.05, 0.1) is 0 Å². The normalized spacial score (nSPS) is 15.0. The zero-order valence-electron chi connectivity index (χ0n) is 15.5. The quantitative estimate of drug-likeness (QED) is 0.704. The number of nitrogens with zero attached hydrogens (tertiary/aromatic N) is 2. The van der Waals surface area contributed by atoms with Crippen molar-refractivity contribution < 1.29 is 9.53 Å². The summed E-state index contributed by atoms with van der Waals surface area (Å²) in [5.41, 5.74) is 7.32. The summed E-state index contributed by atoms with van der Waals surface area (Å²) in [6, 6.07) is 17.6. The van der Waals surface area contributed by atoms with Gasteiger partial charge >= 0.3 is 0 Å². The van der Waals surface area contributed by atoms with E-state index >= 15 is 0 Å². The van der Waals surface area contributed by atoms with Crippen LogP contribution in [0, 0.1) is 5.92 Å². The molecule has 0 saturated carbocycles. The Labute approximate surface area is 169 Å². The van der Waals surface area contributed by atoms with E-state index in [1.165, 1.54) is 0 Å². The maximum absolute atomic E-state index is 11.4. The highest BCUT2D eigenvalue weighted by Crippen LogP contribution is 2.29. The van der Waals surface area contributed by atoms with Crippen molar-refractivity contribution in [2.75, 3.05) is 18.0 Å². The summed E-state index contributed by atoms with van der Waals surface area (Å²) in [4.78, 5) is 18.5. The number of nitrogens with two attached hydrogens (primary N) is 1. The minimum atomic E-state index is -0.205. The van der Waals surface area contributed by atoms with Gasteiger partial charge in [0.2, 0.25) is 5.91 Å². The fourth-order valence-corrected chi connectivity index (χ4v) is 3.66. The van der Waals surface area contributed by atoms with Crippen molar-refractivity contribution in [1.29, 1.82) is 0 Å². The van der Waals surface area contributed by atoms with E-state index in [0.717, 1.165) is 54.0 Å². The third-order valence-electron chi connectivity index (χ3n) is 5.20. The molecule has 4 rings (SSSR count). The molecule has 0 unspecified atom stereocenters. The molecule has 2 aromatic carbocycles. The topological polar surface area (TPSA) is 68.5 Å². The third-order valence-corrected chi connectivity index (χ3v) is 5.45. The zero-order valence-corrected chi connectivity index (χ0v) is 16.2. The van der Waals surface area contributed by atoms with Crippen molar-refractivity contribution in [3.8, 4) is 5.75 Å². The summed E-state index contributed by atoms with van der Waals surface area (Å²) in [6.07, 6.45) is 1.54. The van der Waals surface area contributed by atoms with E-state index in [1.54, 1.807) is 0 Å². The van der Waals surface area contributed by atoms with Crippen molar-refractivity contribution in [3.05, 3.63) is 65.2 Å². The molecule has 3 aromatic rings. The van der Waals surface area contributed by atoms with E-state index < -0.39 is 0 Å². The first-order valence-corrected chi connectivity index (χ1v) is 9.79. The second kappa shape index (κ2) is 8.07. The van der Waals surface area contributed by atoms with Crippen LogP contribution in [-0.4, -0.2) is 24.0 Å². The van der Waals surface area contributed by atoms with Crippen LogP contribution in [-0.2, 0) is 11.4 Å². The number of hydrogen-bond acceptors (Lipinski definition) is 4. The van der Waals surface area contributed by atoms with E-state index in [-0.39, 0.29) is 11.8 Å². The number of ether oxygens (including phenoxy) is 1. The number of amides is 1. The first kappa shape index (κ1) is 18.6. The molecular weight excluding hydrogens is 374 g/mol. The van der Waals surface area contributed by atoms with Gasteiger partial charge in [0.15, 0.2) is 0 Å². The van der Waals surface area contributed by atoms with Crippen LogP contribution in [0.3, 0.4) is 0 Å². The minimum Gasteiger partial charge on any atom is -0.487 e. The largest absolute Gasteiger partial charge is 0.487 e. The number of carbonyl (C=O) groups is 1. The number of pyridine rings is 1. The third kappa shape index (κ3) is 4.04. The monoisotopic (exact) mass is 395 g/mol. The maximum atomic E-state index is 11.4. The zero-order chi connectivity index (χ0) is 19.5. The lowest BCUT2D eigenvalue weighted by molar-refractivity contribution is -0.122.